The molecule has 2 rings (SSSR count). The molecule has 0 heterocycles. The number of aliphatic hydroxyl groups is 3. The Labute approximate surface area is 176 Å². The Hall–Kier alpha value is -1.86. The molecule has 160 valence electrons. The molecule has 0 bridgehead atoms. The first-order valence-corrected chi connectivity index (χ1v) is 10.2. The van der Waals surface area contributed by atoms with Gasteiger partial charge in [0.1, 0.15) is 18.5 Å². The summed E-state index contributed by atoms with van der Waals surface area (Å²) in [5, 5.41) is 39.8. The standard InChI is InChI=1S/C22H29ClO6/c23-15-6-5-7-17(12-15)29-14-16(24)10-11-19-18(20(25)13-21(19)26)8-3-1-2-4-9-22(27)28/h1,3,5-7,10-12,16,18-21,24-26H,2,4,8-9,13-14H2,(H,27,28)/t16-,18-,19?,20+,21-/m1/s1. The van der Waals surface area contributed by atoms with Crippen LogP contribution >= 0.6 is 11.6 Å². The molecule has 0 aliphatic heterocycles. The van der Waals surface area contributed by atoms with Crippen molar-refractivity contribution < 1.29 is 30.0 Å². The van der Waals surface area contributed by atoms with Crippen LogP contribution in [0, 0.1) is 11.8 Å². The molecule has 1 aliphatic carbocycles. The molecule has 1 fully saturated rings. The van der Waals surface area contributed by atoms with Crippen molar-refractivity contribution in [3.05, 3.63) is 53.6 Å². The van der Waals surface area contributed by atoms with Crippen molar-refractivity contribution in [1.82, 2.24) is 0 Å². The summed E-state index contributed by atoms with van der Waals surface area (Å²) in [6.07, 6.45) is 7.26. The molecular formula is C22H29ClO6. The number of ether oxygens (including phenoxy) is 1. The molecule has 1 aliphatic rings. The number of aliphatic hydroxyl groups excluding tert-OH is 3. The highest BCUT2D eigenvalue weighted by Crippen LogP contribution is 2.36. The van der Waals surface area contributed by atoms with Crippen molar-refractivity contribution in [3.8, 4) is 5.75 Å². The monoisotopic (exact) mass is 424 g/mol. The number of benzene rings is 1. The summed E-state index contributed by atoms with van der Waals surface area (Å²) in [6, 6.07) is 6.90. The third-order valence-electron chi connectivity index (χ3n) is 5.02. The maximum absolute atomic E-state index is 10.5. The lowest BCUT2D eigenvalue weighted by Gasteiger charge is -2.19. The van der Waals surface area contributed by atoms with Gasteiger partial charge in [0.2, 0.25) is 0 Å². The fourth-order valence-corrected chi connectivity index (χ4v) is 3.68. The molecular weight excluding hydrogens is 396 g/mol. The molecule has 29 heavy (non-hydrogen) atoms. The fourth-order valence-electron chi connectivity index (χ4n) is 3.50. The largest absolute Gasteiger partial charge is 0.491 e. The van der Waals surface area contributed by atoms with Crippen molar-refractivity contribution in [2.75, 3.05) is 6.61 Å². The number of hydrogen-bond acceptors (Lipinski definition) is 5. The van der Waals surface area contributed by atoms with Crippen LogP contribution in [0.2, 0.25) is 5.02 Å². The third kappa shape index (κ3) is 8.19. The van der Waals surface area contributed by atoms with E-state index in [1.165, 1.54) is 0 Å². The van der Waals surface area contributed by atoms with Crippen LogP contribution in [-0.4, -0.2) is 51.3 Å². The highest BCUT2D eigenvalue weighted by Gasteiger charge is 2.39. The molecule has 1 aromatic carbocycles. The van der Waals surface area contributed by atoms with Crippen LogP contribution in [0.3, 0.4) is 0 Å². The van der Waals surface area contributed by atoms with Crippen LogP contribution in [-0.2, 0) is 4.79 Å². The van der Waals surface area contributed by atoms with Crippen molar-refractivity contribution in [1.29, 1.82) is 0 Å². The van der Waals surface area contributed by atoms with Gasteiger partial charge in [-0.3, -0.25) is 4.79 Å². The van der Waals surface area contributed by atoms with Crippen LogP contribution < -0.4 is 4.74 Å². The summed E-state index contributed by atoms with van der Waals surface area (Å²) in [4.78, 5) is 10.5. The van der Waals surface area contributed by atoms with E-state index in [1.807, 2.05) is 12.2 Å². The van der Waals surface area contributed by atoms with Gasteiger partial charge >= 0.3 is 5.97 Å². The zero-order chi connectivity index (χ0) is 21.2. The summed E-state index contributed by atoms with van der Waals surface area (Å²) in [5.41, 5.74) is 0. The van der Waals surface area contributed by atoms with Crippen LogP contribution in [0.25, 0.3) is 0 Å². The normalized spacial score (nSPS) is 25.7. The zero-order valence-electron chi connectivity index (χ0n) is 16.2. The Morgan fingerprint density at radius 3 is 2.79 bits per heavy atom. The maximum Gasteiger partial charge on any atom is 0.303 e. The molecule has 5 atom stereocenters. The molecule has 0 spiro atoms. The molecule has 1 aromatic rings. The molecule has 7 heteroatoms. The molecule has 6 nitrogen and oxygen atoms in total. The van der Waals surface area contributed by atoms with Gasteiger partial charge in [-0.15, -0.1) is 0 Å². The predicted molar refractivity (Wildman–Crippen MR) is 111 cm³/mol. The second-order valence-electron chi connectivity index (χ2n) is 7.33. The molecule has 0 radical (unpaired) electrons. The molecule has 1 saturated carbocycles. The first-order valence-electron chi connectivity index (χ1n) is 9.84. The van der Waals surface area contributed by atoms with Crippen molar-refractivity contribution in [2.24, 2.45) is 11.8 Å². The van der Waals surface area contributed by atoms with Gasteiger partial charge in [-0.1, -0.05) is 42.0 Å². The first-order chi connectivity index (χ1) is 13.9. The van der Waals surface area contributed by atoms with Gasteiger partial charge in [0.15, 0.2) is 0 Å². The second kappa shape index (κ2) is 12.0. The zero-order valence-corrected chi connectivity index (χ0v) is 17.0. The van der Waals surface area contributed by atoms with Crippen molar-refractivity contribution in [3.63, 3.8) is 0 Å². The molecule has 1 unspecified atom stereocenters. The number of halogens is 1. The average molecular weight is 425 g/mol. The number of unbranched alkanes of at least 4 members (excludes halogenated alkanes) is 1. The van der Waals surface area contributed by atoms with Gasteiger partial charge in [-0.25, -0.2) is 0 Å². The number of allylic oxidation sites excluding steroid dienone is 2. The maximum atomic E-state index is 10.5. The predicted octanol–water partition coefficient (Wildman–Crippen LogP) is 3.20. The van der Waals surface area contributed by atoms with E-state index in [0.29, 0.717) is 36.5 Å². The first kappa shape index (κ1) is 23.4. The Balaban J connectivity index is 1.83. The quantitative estimate of drug-likeness (QED) is 0.321. The number of rotatable bonds is 11. The number of carboxylic acid groups (broad SMARTS) is 1. The summed E-state index contributed by atoms with van der Waals surface area (Å²) in [6.45, 7) is 0.0519. The highest BCUT2D eigenvalue weighted by atomic mass is 35.5. The third-order valence-corrected chi connectivity index (χ3v) is 5.26. The summed E-state index contributed by atoms with van der Waals surface area (Å²) >= 11 is 5.90. The Morgan fingerprint density at radius 1 is 1.28 bits per heavy atom. The van der Waals surface area contributed by atoms with E-state index in [2.05, 4.69) is 0 Å². The number of hydrogen-bond donors (Lipinski definition) is 4. The molecule has 4 N–H and O–H groups in total. The van der Waals surface area contributed by atoms with Crippen LogP contribution in [0.1, 0.15) is 32.1 Å². The van der Waals surface area contributed by atoms with E-state index < -0.39 is 24.3 Å². The lowest BCUT2D eigenvalue weighted by atomic mass is 9.89. The van der Waals surface area contributed by atoms with Gasteiger partial charge in [0.25, 0.3) is 0 Å². The summed E-state index contributed by atoms with van der Waals surface area (Å²) in [7, 11) is 0. The van der Waals surface area contributed by atoms with Crippen LogP contribution in [0.4, 0.5) is 0 Å². The topological polar surface area (TPSA) is 107 Å². The van der Waals surface area contributed by atoms with Gasteiger partial charge in [0, 0.05) is 23.8 Å². The van der Waals surface area contributed by atoms with E-state index in [4.69, 9.17) is 21.4 Å². The van der Waals surface area contributed by atoms with E-state index >= 15 is 0 Å². The lowest BCUT2D eigenvalue weighted by molar-refractivity contribution is -0.137. The van der Waals surface area contributed by atoms with Gasteiger partial charge in [0.05, 0.1) is 12.2 Å². The highest BCUT2D eigenvalue weighted by molar-refractivity contribution is 6.30. The number of carboxylic acids is 1. The van der Waals surface area contributed by atoms with Crippen LogP contribution in [0.15, 0.2) is 48.6 Å². The van der Waals surface area contributed by atoms with Gasteiger partial charge < -0.3 is 25.2 Å². The minimum Gasteiger partial charge on any atom is -0.491 e. The molecule has 0 saturated heterocycles. The van der Waals surface area contributed by atoms with Gasteiger partial charge in [-0.2, -0.15) is 0 Å². The van der Waals surface area contributed by atoms with Crippen molar-refractivity contribution >= 4 is 17.6 Å². The minimum atomic E-state index is -0.855. The molecule has 0 aromatic heterocycles. The summed E-state index contributed by atoms with van der Waals surface area (Å²) in [5.74, 6) is -0.671. The van der Waals surface area contributed by atoms with E-state index in [1.54, 1.807) is 36.4 Å². The van der Waals surface area contributed by atoms with Gasteiger partial charge in [-0.05, 0) is 43.4 Å². The molecule has 0 amide bonds. The lowest BCUT2D eigenvalue weighted by Crippen LogP contribution is -2.21. The SMILES string of the molecule is O=C(O)CCCC=CC[C@@H]1C(C=C[C@@H](O)COc2cccc(Cl)c2)[C@H](O)C[C@@H]1O. The fraction of sp³-hybridized carbons (Fsp3) is 0.500. The van der Waals surface area contributed by atoms with E-state index in [9.17, 15) is 20.1 Å². The Kier molecular flexibility index (Phi) is 9.67. The smallest absolute Gasteiger partial charge is 0.303 e. The van der Waals surface area contributed by atoms with Crippen LogP contribution in [0.5, 0.6) is 5.75 Å². The summed E-state index contributed by atoms with van der Waals surface area (Å²) < 4.78 is 5.51. The van der Waals surface area contributed by atoms with Crippen molar-refractivity contribution in [2.45, 2.75) is 50.4 Å². The number of aliphatic carboxylic acids is 1. The Bertz CT molecular complexity index is 704. The Morgan fingerprint density at radius 2 is 2.07 bits per heavy atom. The van der Waals surface area contributed by atoms with E-state index in [-0.39, 0.29) is 24.9 Å². The number of carbonyl (C=O) groups is 1. The minimum absolute atomic E-state index is 0.0519. The second-order valence-corrected chi connectivity index (χ2v) is 7.76. The average Bonchev–Trinajstić information content (AvgIpc) is 2.93. The van der Waals surface area contributed by atoms with E-state index in [0.717, 1.165) is 0 Å².